The average Bonchev–Trinajstić information content (AvgIpc) is 2.53. The number of benzene rings is 1. The van der Waals surface area contributed by atoms with Crippen molar-refractivity contribution < 1.29 is 18.7 Å². The fraction of sp³-hybridized carbons (Fsp3) is 0.375. The van der Waals surface area contributed by atoms with Crippen LogP contribution in [0, 0.1) is 11.6 Å². The van der Waals surface area contributed by atoms with Gasteiger partial charge >= 0.3 is 0 Å². The molecule has 0 saturated carbocycles. The summed E-state index contributed by atoms with van der Waals surface area (Å²) in [6.07, 6.45) is 3.66. The van der Waals surface area contributed by atoms with Crippen LogP contribution in [0.2, 0.25) is 0 Å². The highest BCUT2D eigenvalue weighted by molar-refractivity contribution is 7.98. The maximum atomic E-state index is 13.9. The van der Waals surface area contributed by atoms with Gasteiger partial charge in [-0.3, -0.25) is 9.59 Å². The molecule has 0 aliphatic rings. The molecule has 2 N–H and O–H groups in total. The van der Waals surface area contributed by atoms with Crippen LogP contribution in [0.1, 0.15) is 16.8 Å². The normalized spacial score (nSPS) is 12.4. The molecule has 1 atom stereocenters. The molecule has 8 heteroatoms. The second-order valence-electron chi connectivity index (χ2n) is 5.40. The van der Waals surface area contributed by atoms with Gasteiger partial charge in [0.2, 0.25) is 5.43 Å². The van der Waals surface area contributed by atoms with E-state index >= 15 is 0 Å². The first-order valence-electron chi connectivity index (χ1n) is 7.28. The minimum absolute atomic E-state index is 0.0703. The van der Waals surface area contributed by atoms with Gasteiger partial charge in [0.25, 0.3) is 5.91 Å². The fourth-order valence-corrected chi connectivity index (χ4v) is 2.97. The van der Waals surface area contributed by atoms with Crippen LogP contribution in [0.4, 0.5) is 8.78 Å². The number of aliphatic hydroxyl groups is 1. The molecule has 2 aromatic rings. The number of nitrogens with zero attached hydrogens (tertiary/aromatic N) is 1. The smallest absolute Gasteiger partial charge is 0.257 e. The van der Waals surface area contributed by atoms with Gasteiger partial charge in [-0.05, 0) is 24.5 Å². The van der Waals surface area contributed by atoms with Crippen LogP contribution in [0.5, 0.6) is 0 Å². The molecule has 0 bridgehead atoms. The molecule has 0 unspecified atom stereocenters. The summed E-state index contributed by atoms with van der Waals surface area (Å²) in [6.45, 7) is -0.260. The molecule has 5 nitrogen and oxygen atoms in total. The third-order valence-corrected chi connectivity index (χ3v) is 4.31. The van der Waals surface area contributed by atoms with Crippen molar-refractivity contribution in [2.24, 2.45) is 7.05 Å². The lowest BCUT2D eigenvalue weighted by Gasteiger charge is -2.16. The monoisotopic (exact) mass is 356 g/mol. The van der Waals surface area contributed by atoms with Crippen LogP contribution >= 0.6 is 11.8 Å². The molecule has 0 saturated heterocycles. The van der Waals surface area contributed by atoms with Crippen LogP contribution in [0.3, 0.4) is 0 Å². The van der Waals surface area contributed by atoms with E-state index in [1.165, 1.54) is 17.8 Å². The number of rotatable bonds is 6. The molecule has 0 radical (unpaired) electrons. The number of pyridine rings is 1. The number of fused-ring (bicyclic) bond motifs is 1. The van der Waals surface area contributed by atoms with Crippen LogP contribution in [-0.2, 0) is 7.05 Å². The molecule has 1 heterocycles. The highest BCUT2D eigenvalue weighted by Gasteiger charge is 2.19. The van der Waals surface area contributed by atoms with E-state index in [1.54, 1.807) is 11.8 Å². The quantitative estimate of drug-likeness (QED) is 0.826. The van der Waals surface area contributed by atoms with Gasteiger partial charge in [0, 0.05) is 19.3 Å². The summed E-state index contributed by atoms with van der Waals surface area (Å²) in [7, 11) is 1.47. The number of carbonyl (C=O) groups excluding carboxylic acids is 1. The Kier molecular flexibility index (Phi) is 5.95. The largest absolute Gasteiger partial charge is 0.394 e. The number of carbonyl (C=O) groups is 1. The van der Waals surface area contributed by atoms with E-state index in [4.69, 9.17) is 0 Å². The van der Waals surface area contributed by atoms with E-state index < -0.39 is 29.0 Å². The molecule has 1 aromatic heterocycles. The van der Waals surface area contributed by atoms with Crippen LogP contribution in [0.25, 0.3) is 10.9 Å². The second-order valence-corrected chi connectivity index (χ2v) is 6.39. The Morgan fingerprint density at radius 3 is 2.75 bits per heavy atom. The van der Waals surface area contributed by atoms with Gasteiger partial charge in [0.05, 0.1) is 23.6 Å². The van der Waals surface area contributed by atoms with Crippen molar-refractivity contribution in [1.82, 2.24) is 9.88 Å². The summed E-state index contributed by atoms with van der Waals surface area (Å²) in [5.41, 5.74) is -1.04. The number of nitrogens with one attached hydrogen (secondary N) is 1. The Morgan fingerprint density at radius 2 is 2.12 bits per heavy atom. The number of aryl methyl sites for hydroxylation is 1. The van der Waals surface area contributed by atoms with Crippen LogP contribution in [-0.4, -0.2) is 40.2 Å². The molecule has 0 aliphatic carbocycles. The summed E-state index contributed by atoms with van der Waals surface area (Å²) >= 11 is 1.57. The van der Waals surface area contributed by atoms with Crippen molar-refractivity contribution in [3.63, 3.8) is 0 Å². The number of hydrogen-bond acceptors (Lipinski definition) is 4. The van der Waals surface area contributed by atoms with Gasteiger partial charge in [-0.15, -0.1) is 0 Å². The van der Waals surface area contributed by atoms with Gasteiger partial charge in [-0.1, -0.05) is 0 Å². The Bertz CT molecular complexity index is 823. The summed E-state index contributed by atoms with van der Waals surface area (Å²) in [4.78, 5) is 24.8. The third kappa shape index (κ3) is 3.76. The topological polar surface area (TPSA) is 71.3 Å². The summed E-state index contributed by atoms with van der Waals surface area (Å²) in [5, 5.41) is 11.7. The van der Waals surface area contributed by atoms with Crippen molar-refractivity contribution in [3.05, 3.63) is 45.8 Å². The first-order valence-corrected chi connectivity index (χ1v) is 8.67. The average molecular weight is 356 g/mol. The minimum Gasteiger partial charge on any atom is -0.394 e. The molecule has 1 aromatic carbocycles. The summed E-state index contributed by atoms with van der Waals surface area (Å²) in [6, 6.07) is 1.11. The summed E-state index contributed by atoms with van der Waals surface area (Å²) < 4.78 is 28.6. The molecule has 2 rings (SSSR count). The maximum Gasteiger partial charge on any atom is 0.257 e. The van der Waals surface area contributed by atoms with Crippen molar-refractivity contribution in [1.29, 1.82) is 0 Å². The van der Waals surface area contributed by atoms with Gasteiger partial charge in [-0.25, -0.2) is 8.78 Å². The molecular weight excluding hydrogens is 338 g/mol. The molecule has 0 aliphatic heterocycles. The molecule has 1 amide bonds. The van der Waals surface area contributed by atoms with Crippen molar-refractivity contribution in [2.45, 2.75) is 12.5 Å². The predicted octanol–water partition coefficient (Wildman–Crippen LogP) is 1.66. The van der Waals surface area contributed by atoms with Crippen LogP contribution < -0.4 is 10.7 Å². The summed E-state index contributed by atoms with van der Waals surface area (Å²) in [5.74, 6) is -1.70. The Labute approximate surface area is 141 Å². The van der Waals surface area contributed by atoms with E-state index in [-0.39, 0.29) is 23.1 Å². The molecule has 130 valence electrons. The second kappa shape index (κ2) is 7.76. The van der Waals surface area contributed by atoms with Gasteiger partial charge in [0.1, 0.15) is 17.2 Å². The molecule has 0 fully saturated rings. The number of hydrogen-bond donors (Lipinski definition) is 2. The lowest BCUT2D eigenvalue weighted by molar-refractivity contribution is 0.0913. The van der Waals surface area contributed by atoms with Gasteiger partial charge in [0.15, 0.2) is 0 Å². The standard InChI is InChI=1S/C16H18F2N2O3S/c1-20-7-12(16(23)19-10(8-21)3-4-24-2)15(22)11-5-9(17)6-13(18)14(11)20/h5-7,10,21H,3-4,8H2,1-2H3,(H,19,23)/t10-/m0/s1. The number of aromatic nitrogens is 1. The SMILES string of the molecule is CSCC[C@@H](CO)NC(=O)c1cn(C)c2c(F)cc(F)cc2c1=O. The van der Waals surface area contributed by atoms with Crippen LogP contribution in [0.15, 0.2) is 23.1 Å². The molecular formula is C16H18F2N2O3S. The number of aliphatic hydroxyl groups excluding tert-OH is 1. The van der Waals surface area contributed by atoms with E-state index in [0.29, 0.717) is 12.5 Å². The first kappa shape index (κ1) is 18.4. The predicted molar refractivity (Wildman–Crippen MR) is 90.4 cm³/mol. The van der Waals surface area contributed by atoms with Crippen molar-refractivity contribution >= 4 is 28.6 Å². The highest BCUT2D eigenvalue weighted by atomic mass is 32.2. The Morgan fingerprint density at radius 1 is 1.42 bits per heavy atom. The lowest BCUT2D eigenvalue weighted by Crippen LogP contribution is -2.40. The Balaban J connectivity index is 2.44. The zero-order chi connectivity index (χ0) is 17.9. The van der Waals surface area contributed by atoms with Gasteiger partial charge in [-0.2, -0.15) is 11.8 Å². The van der Waals surface area contributed by atoms with Gasteiger partial charge < -0.3 is 15.0 Å². The Hall–Kier alpha value is -1.93. The minimum atomic E-state index is -0.886. The van der Waals surface area contributed by atoms with Crippen molar-refractivity contribution in [3.8, 4) is 0 Å². The number of amides is 1. The first-order chi connectivity index (χ1) is 11.4. The zero-order valence-corrected chi connectivity index (χ0v) is 14.1. The third-order valence-electron chi connectivity index (χ3n) is 3.66. The lowest BCUT2D eigenvalue weighted by atomic mass is 10.1. The number of halogens is 2. The fourth-order valence-electron chi connectivity index (χ4n) is 2.45. The highest BCUT2D eigenvalue weighted by Crippen LogP contribution is 2.17. The van der Waals surface area contributed by atoms with E-state index in [1.807, 2.05) is 6.26 Å². The molecule has 24 heavy (non-hydrogen) atoms. The van der Waals surface area contributed by atoms with E-state index in [9.17, 15) is 23.5 Å². The number of thioether (sulfide) groups is 1. The van der Waals surface area contributed by atoms with E-state index in [2.05, 4.69) is 5.32 Å². The van der Waals surface area contributed by atoms with Crippen molar-refractivity contribution in [2.75, 3.05) is 18.6 Å². The molecule has 0 spiro atoms. The van der Waals surface area contributed by atoms with E-state index in [0.717, 1.165) is 11.8 Å². The zero-order valence-electron chi connectivity index (χ0n) is 13.3. The maximum absolute atomic E-state index is 13.9.